The van der Waals surface area contributed by atoms with Gasteiger partial charge in [0.25, 0.3) is 5.91 Å². The van der Waals surface area contributed by atoms with Gasteiger partial charge in [0.15, 0.2) is 0 Å². The first-order chi connectivity index (χ1) is 13.4. The first kappa shape index (κ1) is 20.6. The van der Waals surface area contributed by atoms with E-state index in [2.05, 4.69) is 39.3 Å². The highest BCUT2D eigenvalue weighted by molar-refractivity contribution is 6.32. The van der Waals surface area contributed by atoms with Crippen LogP contribution in [-0.4, -0.2) is 60.0 Å². The average molecular weight is 403 g/mol. The highest BCUT2D eigenvalue weighted by Gasteiger charge is 2.14. The molecule has 1 N–H and O–H groups in total. The molecular formula is C21H27ClN4O2. The molecule has 0 spiro atoms. The van der Waals surface area contributed by atoms with E-state index in [1.54, 1.807) is 6.07 Å². The number of likely N-dealkylation sites (N-methyl/N-ethyl adjacent to an activating group) is 1. The van der Waals surface area contributed by atoms with Gasteiger partial charge < -0.3 is 15.0 Å². The van der Waals surface area contributed by atoms with Crippen molar-refractivity contribution in [1.82, 2.24) is 14.8 Å². The molecular weight excluding hydrogens is 376 g/mol. The summed E-state index contributed by atoms with van der Waals surface area (Å²) in [5, 5.41) is 3.21. The topological polar surface area (TPSA) is 57.7 Å². The summed E-state index contributed by atoms with van der Waals surface area (Å²) < 4.78 is 5.50. The monoisotopic (exact) mass is 402 g/mol. The summed E-state index contributed by atoms with van der Waals surface area (Å²) in [6.45, 7) is 9.09. The highest BCUT2D eigenvalue weighted by Crippen LogP contribution is 2.24. The van der Waals surface area contributed by atoms with Crippen LogP contribution in [0.1, 0.15) is 29.8 Å². The number of hydrogen-bond donors (Lipinski definition) is 1. The molecule has 0 atom stereocenters. The summed E-state index contributed by atoms with van der Waals surface area (Å²) in [5.41, 5.74) is 2.37. The molecule has 6 nitrogen and oxygen atoms in total. The van der Waals surface area contributed by atoms with Gasteiger partial charge in [-0.3, -0.25) is 9.69 Å². The molecule has 1 aliphatic rings. The number of ether oxygens (including phenoxy) is 1. The molecule has 0 unspecified atom stereocenters. The van der Waals surface area contributed by atoms with Gasteiger partial charge in [-0.2, -0.15) is 0 Å². The zero-order valence-corrected chi connectivity index (χ0v) is 17.4. The molecule has 0 saturated carbocycles. The van der Waals surface area contributed by atoms with E-state index in [4.69, 9.17) is 16.3 Å². The van der Waals surface area contributed by atoms with E-state index < -0.39 is 0 Å². The Bertz CT molecular complexity index is 803. The minimum Gasteiger partial charge on any atom is -0.474 e. The number of benzene rings is 1. The van der Waals surface area contributed by atoms with Crippen LogP contribution >= 0.6 is 11.6 Å². The van der Waals surface area contributed by atoms with Crippen LogP contribution in [0.25, 0.3) is 0 Å². The summed E-state index contributed by atoms with van der Waals surface area (Å²) >= 11 is 6.17. The Hall–Kier alpha value is -2.15. The van der Waals surface area contributed by atoms with Crippen molar-refractivity contribution in [2.75, 3.05) is 38.5 Å². The molecule has 0 aliphatic carbocycles. The lowest BCUT2D eigenvalue weighted by Gasteiger charge is -2.32. The third-order valence-corrected chi connectivity index (χ3v) is 4.90. The lowest BCUT2D eigenvalue weighted by molar-refractivity contribution is 0.102. The van der Waals surface area contributed by atoms with Gasteiger partial charge in [-0.1, -0.05) is 23.7 Å². The van der Waals surface area contributed by atoms with Crippen molar-refractivity contribution >= 4 is 23.2 Å². The number of carbonyl (C=O) groups is 1. The average Bonchev–Trinajstić information content (AvgIpc) is 2.66. The molecule has 150 valence electrons. The molecule has 3 rings (SSSR count). The fraction of sp³-hybridized carbons (Fsp3) is 0.429. The quantitative estimate of drug-likeness (QED) is 0.801. The standard InChI is InChI=1S/C21H27ClN4O2/c1-15(2)28-21-19(22)12-17(13-23-21)20(27)24-18-6-4-16(5-7-18)14-26-10-8-25(3)9-11-26/h4-7,12-13,15H,8-11,14H2,1-3H3,(H,24,27). The smallest absolute Gasteiger partial charge is 0.257 e. The van der Waals surface area contributed by atoms with Gasteiger partial charge >= 0.3 is 0 Å². The van der Waals surface area contributed by atoms with Crippen molar-refractivity contribution in [3.05, 3.63) is 52.7 Å². The predicted molar refractivity (Wildman–Crippen MR) is 112 cm³/mol. The largest absolute Gasteiger partial charge is 0.474 e. The third kappa shape index (κ3) is 5.67. The van der Waals surface area contributed by atoms with Gasteiger partial charge in [-0.05, 0) is 44.7 Å². The number of pyridine rings is 1. The van der Waals surface area contributed by atoms with Gasteiger partial charge in [0, 0.05) is 44.6 Å². The Kier molecular flexibility index (Phi) is 6.88. The van der Waals surface area contributed by atoms with Gasteiger partial charge in [0.1, 0.15) is 5.02 Å². The van der Waals surface area contributed by atoms with E-state index in [0.717, 1.165) is 38.4 Å². The number of halogens is 1. The van der Waals surface area contributed by atoms with Gasteiger partial charge in [-0.15, -0.1) is 0 Å². The van der Waals surface area contributed by atoms with Crippen LogP contribution < -0.4 is 10.1 Å². The maximum atomic E-state index is 12.5. The van der Waals surface area contributed by atoms with Crippen molar-refractivity contribution in [2.24, 2.45) is 0 Å². The molecule has 0 bridgehead atoms. The lowest BCUT2D eigenvalue weighted by atomic mass is 10.1. The molecule has 28 heavy (non-hydrogen) atoms. The maximum absolute atomic E-state index is 12.5. The van der Waals surface area contributed by atoms with Crippen molar-refractivity contribution < 1.29 is 9.53 Å². The van der Waals surface area contributed by atoms with Crippen LogP contribution in [0.5, 0.6) is 5.88 Å². The third-order valence-electron chi connectivity index (χ3n) is 4.63. The molecule has 1 amide bonds. The summed E-state index contributed by atoms with van der Waals surface area (Å²) in [4.78, 5) is 21.4. The van der Waals surface area contributed by atoms with Crippen LogP contribution in [0.15, 0.2) is 36.5 Å². The van der Waals surface area contributed by atoms with Crippen molar-refractivity contribution in [2.45, 2.75) is 26.5 Å². The molecule has 2 aromatic rings. The first-order valence-corrected chi connectivity index (χ1v) is 9.92. The van der Waals surface area contributed by atoms with Crippen LogP contribution in [0.4, 0.5) is 5.69 Å². The number of hydrogen-bond acceptors (Lipinski definition) is 5. The predicted octanol–water partition coefficient (Wildman–Crippen LogP) is 3.52. The molecule has 1 saturated heterocycles. The van der Waals surface area contributed by atoms with Gasteiger partial charge in [-0.25, -0.2) is 4.98 Å². The number of anilines is 1. The number of piperazine rings is 1. The molecule has 0 radical (unpaired) electrons. The number of aromatic nitrogens is 1. The highest BCUT2D eigenvalue weighted by atomic mass is 35.5. The molecule has 2 heterocycles. The fourth-order valence-corrected chi connectivity index (χ4v) is 3.23. The van der Waals surface area contributed by atoms with E-state index >= 15 is 0 Å². The Balaban J connectivity index is 1.57. The Morgan fingerprint density at radius 3 is 2.50 bits per heavy atom. The molecule has 1 aromatic carbocycles. The van der Waals surface area contributed by atoms with E-state index in [-0.39, 0.29) is 12.0 Å². The minimum atomic E-state index is -0.252. The SMILES string of the molecule is CC(C)Oc1ncc(C(=O)Nc2ccc(CN3CCN(C)CC3)cc2)cc1Cl. The summed E-state index contributed by atoms with van der Waals surface area (Å²) in [7, 11) is 2.16. The Morgan fingerprint density at radius 1 is 1.21 bits per heavy atom. The zero-order chi connectivity index (χ0) is 20.1. The maximum Gasteiger partial charge on any atom is 0.257 e. The molecule has 7 heteroatoms. The van der Waals surface area contributed by atoms with Gasteiger partial charge in [0.2, 0.25) is 5.88 Å². The van der Waals surface area contributed by atoms with Crippen LogP contribution in [0, 0.1) is 0 Å². The lowest BCUT2D eigenvalue weighted by Crippen LogP contribution is -2.43. The van der Waals surface area contributed by atoms with E-state index in [9.17, 15) is 4.79 Å². The second-order valence-corrected chi connectivity index (χ2v) is 7.82. The molecule has 1 fully saturated rings. The second-order valence-electron chi connectivity index (χ2n) is 7.41. The number of amides is 1. The first-order valence-electron chi connectivity index (χ1n) is 9.54. The summed E-state index contributed by atoms with van der Waals surface area (Å²) in [6.07, 6.45) is 1.44. The van der Waals surface area contributed by atoms with Crippen LogP contribution in [0.2, 0.25) is 5.02 Å². The Morgan fingerprint density at radius 2 is 1.89 bits per heavy atom. The number of nitrogens with one attached hydrogen (secondary N) is 1. The van der Waals surface area contributed by atoms with E-state index in [0.29, 0.717) is 16.5 Å². The van der Waals surface area contributed by atoms with E-state index in [1.807, 2.05) is 26.0 Å². The Labute approximate surface area is 171 Å². The minimum absolute atomic E-state index is 0.0333. The van der Waals surface area contributed by atoms with Crippen LogP contribution in [-0.2, 0) is 6.54 Å². The molecule has 1 aromatic heterocycles. The summed E-state index contributed by atoms with van der Waals surface area (Å²) in [5.74, 6) is 0.0822. The number of nitrogens with zero attached hydrogens (tertiary/aromatic N) is 3. The number of rotatable bonds is 6. The van der Waals surface area contributed by atoms with Crippen LogP contribution in [0.3, 0.4) is 0 Å². The fourth-order valence-electron chi connectivity index (χ4n) is 3.02. The van der Waals surface area contributed by atoms with Crippen molar-refractivity contribution in [3.8, 4) is 5.88 Å². The molecule has 1 aliphatic heterocycles. The van der Waals surface area contributed by atoms with E-state index in [1.165, 1.54) is 11.8 Å². The zero-order valence-electron chi connectivity index (χ0n) is 16.6. The van der Waals surface area contributed by atoms with Crippen molar-refractivity contribution in [1.29, 1.82) is 0 Å². The normalized spacial score (nSPS) is 15.6. The summed E-state index contributed by atoms with van der Waals surface area (Å²) in [6, 6.07) is 9.53. The second kappa shape index (κ2) is 9.37. The van der Waals surface area contributed by atoms with Crippen molar-refractivity contribution in [3.63, 3.8) is 0 Å². The van der Waals surface area contributed by atoms with Gasteiger partial charge in [0.05, 0.1) is 11.7 Å². The number of carbonyl (C=O) groups excluding carboxylic acids is 1.